The molecule has 1 aliphatic rings. The van der Waals surface area contributed by atoms with E-state index in [9.17, 15) is 9.59 Å². The van der Waals surface area contributed by atoms with Crippen LogP contribution in [0.25, 0.3) is 0 Å². The zero-order valence-electron chi connectivity index (χ0n) is 17.0. The minimum Gasteiger partial charge on any atom is -0.444 e. The first-order valence-electron chi connectivity index (χ1n) is 9.63. The molecule has 7 nitrogen and oxygen atoms in total. The summed E-state index contributed by atoms with van der Waals surface area (Å²) in [5.41, 5.74) is 0.0747. The Bertz CT molecular complexity index is 655. The second-order valence-electron chi connectivity index (χ2n) is 8.34. The van der Waals surface area contributed by atoms with Gasteiger partial charge in [-0.1, -0.05) is 0 Å². The van der Waals surface area contributed by atoms with E-state index < -0.39 is 11.7 Å². The van der Waals surface area contributed by atoms with Crippen LogP contribution in [-0.4, -0.2) is 53.2 Å². The molecule has 2 amide bonds. The van der Waals surface area contributed by atoms with Crippen molar-refractivity contribution >= 4 is 17.8 Å². The Morgan fingerprint density at radius 3 is 2.78 bits per heavy atom. The molecule has 0 radical (unpaired) electrons. The summed E-state index contributed by atoms with van der Waals surface area (Å²) >= 11 is 0. The van der Waals surface area contributed by atoms with Gasteiger partial charge in [0, 0.05) is 31.9 Å². The molecule has 2 heterocycles. The number of nitrogens with zero attached hydrogens (tertiary/aromatic N) is 2. The van der Waals surface area contributed by atoms with E-state index in [-0.39, 0.29) is 17.9 Å². The molecule has 27 heavy (non-hydrogen) atoms. The fourth-order valence-electron chi connectivity index (χ4n) is 3.09. The number of amides is 2. The summed E-state index contributed by atoms with van der Waals surface area (Å²) in [5, 5.41) is 6.06. The molecule has 1 fully saturated rings. The lowest BCUT2D eigenvalue weighted by molar-refractivity contribution is 0.0503. The number of carbonyl (C=O) groups excluding carboxylic acids is 2. The third kappa shape index (κ3) is 6.73. The van der Waals surface area contributed by atoms with Crippen LogP contribution in [0.2, 0.25) is 0 Å². The molecule has 1 unspecified atom stereocenters. The summed E-state index contributed by atoms with van der Waals surface area (Å²) in [4.78, 5) is 31.0. The highest BCUT2D eigenvalue weighted by atomic mass is 16.6. The van der Waals surface area contributed by atoms with Crippen molar-refractivity contribution in [2.45, 2.75) is 59.1 Å². The maximum absolute atomic E-state index is 13.0. The summed E-state index contributed by atoms with van der Waals surface area (Å²) in [5.74, 6) is 0.813. The maximum atomic E-state index is 13.0. The van der Waals surface area contributed by atoms with E-state index in [0.29, 0.717) is 24.5 Å². The Labute approximate surface area is 161 Å². The molecule has 0 aromatic carbocycles. The van der Waals surface area contributed by atoms with Crippen LogP contribution in [0.5, 0.6) is 0 Å². The van der Waals surface area contributed by atoms with Crippen molar-refractivity contribution in [2.75, 3.05) is 25.0 Å². The number of piperidine rings is 1. The lowest BCUT2D eigenvalue weighted by Crippen LogP contribution is -2.44. The number of hydrogen-bond donors (Lipinski definition) is 2. The first kappa shape index (κ1) is 21.0. The lowest BCUT2D eigenvalue weighted by atomic mass is 9.97. The van der Waals surface area contributed by atoms with Gasteiger partial charge in [-0.15, -0.1) is 0 Å². The normalized spacial score (nSPS) is 17.6. The van der Waals surface area contributed by atoms with E-state index >= 15 is 0 Å². The second-order valence-corrected chi connectivity index (χ2v) is 8.34. The monoisotopic (exact) mass is 376 g/mol. The first-order valence-corrected chi connectivity index (χ1v) is 9.63. The van der Waals surface area contributed by atoms with Crippen LogP contribution in [0.1, 0.15) is 57.8 Å². The van der Waals surface area contributed by atoms with Crippen molar-refractivity contribution in [1.29, 1.82) is 0 Å². The quantitative estimate of drug-likeness (QED) is 0.824. The maximum Gasteiger partial charge on any atom is 0.407 e. The molecule has 0 spiro atoms. The van der Waals surface area contributed by atoms with E-state index in [1.165, 1.54) is 0 Å². The van der Waals surface area contributed by atoms with Gasteiger partial charge in [0.25, 0.3) is 5.91 Å². The van der Waals surface area contributed by atoms with Gasteiger partial charge in [0.15, 0.2) is 0 Å². The van der Waals surface area contributed by atoms with Crippen LogP contribution in [0.15, 0.2) is 18.3 Å². The van der Waals surface area contributed by atoms with Crippen LogP contribution in [0, 0.1) is 5.92 Å². The molecule has 1 atom stereocenters. The predicted molar refractivity (Wildman–Crippen MR) is 106 cm³/mol. The molecule has 1 saturated heterocycles. The van der Waals surface area contributed by atoms with Crippen molar-refractivity contribution in [3.8, 4) is 0 Å². The summed E-state index contributed by atoms with van der Waals surface area (Å²) in [7, 11) is 0. The highest BCUT2D eigenvalue weighted by Gasteiger charge is 2.27. The molecule has 7 heteroatoms. The number of rotatable bonds is 5. The van der Waals surface area contributed by atoms with Gasteiger partial charge in [-0.05, 0) is 65.5 Å². The van der Waals surface area contributed by atoms with Crippen molar-refractivity contribution < 1.29 is 14.3 Å². The third-order valence-corrected chi connectivity index (χ3v) is 4.20. The predicted octanol–water partition coefficient (Wildman–Crippen LogP) is 3.28. The van der Waals surface area contributed by atoms with E-state index in [2.05, 4.69) is 15.6 Å². The van der Waals surface area contributed by atoms with Gasteiger partial charge < -0.3 is 20.3 Å². The Hall–Kier alpha value is -2.31. The minimum absolute atomic E-state index is 0.0202. The number of ether oxygens (including phenoxy) is 1. The number of nitrogens with one attached hydrogen (secondary N) is 2. The number of pyridine rings is 1. The fraction of sp³-hybridized carbons (Fsp3) is 0.650. The van der Waals surface area contributed by atoms with Gasteiger partial charge in [0.2, 0.25) is 0 Å². The van der Waals surface area contributed by atoms with Gasteiger partial charge in [-0.3, -0.25) is 4.79 Å². The number of carbonyl (C=O) groups is 2. The van der Waals surface area contributed by atoms with Crippen LogP contribution in [0.3, 0.4) is 0 Å². The molecule has 0 bridgehead atoms. The van der Waals surface area contributed by atoms with Gasteiger partial charge in [0.1, 0.15) is 11.4 Å². The van der Waals surface area contributed by atoms with Crippen LogP contribution >= 0.6 is 0 Å². The van der Waals surface area contributed by atoms with Gasteiger partial charge in [-0.2, -0.15) is 0 Å². The smallest absolute Gasteiger partial charge is 0.407 e. The van der Waals surface area contributed by atoms with Crippen LogP contribution in [-0.2, 0) is 4.74 Å². The topological polar surface area (TPSA) is 83.6 Å². The molecule has 0 aliphatic carbocycles. The molecular formula is C20H32N4O3. The van der Waals surface area contributed by atoms with Crippen molar-refractivity contribution in [3.05, 3.63) is 23.9 Å². The molecule has 1 aromatic rings. The summed E-state index contributed by atoms with van der Waals surface area (Å²) in [6.07, 6.45) is 3.16. The molecule has 1 aliphatic heterocycles. The minimum atomic E-state index is -0.515. The van der Waals surface area contributed by atoms with E-state index in [0.717, 1.165) is 19.4 Å². The third-order valence-electron chi connectivity index (χ3n) is 4.20. The average molecular weight is 377 g/mol. The zero-order chi connectivity index (χ0) is 20.0. The molecule has 150 valence electrons. The van der Waals surface area contributed by atoms with Crippen LogP contribution in [0.4, 0.5) is 10.6 Å². The molecule has 2 rings (SSSR count). The fourth-order valence-corrected chi connectivity index (χ4v) is 3.09. The van der Waals surface area contributed by atoms with E-state index in [1.54, 1.807) is 12.3 Å². The Morgan fingerprint density at radius 1 is 1.37 bits per heavy atom. The Balaban J connectivity index is 1.96. The average Bonchev–Trinajstić information content (AvgIpc) is 2.58. The standard InChI is InChI=1S/C20H32N4O3/c1-14(2)23-17-16(9-6-10-21-17)18(25)24-11-7-8-15(13-24)12-22-19(26)27-20(3,4)5/h6,9-10,14-15H,7-8,11-13H2,1-5H3,(H,21,23)(H,22,26). The molecular weight excluding hydrogens is 344 g/mol. The number of alkyl carbamates (subject to hydrolysis) is 1. The van der Waals surface area contributed by atoms with Gasteiger partial charge in [0.05, 0.1) is 5.56 Å². The summed E-state index contributed by atoms with van der Waals surface area (Å²) in [6.45, 7) is 11.4. The summed E-state index contributed by atoms with van der Waals surface area (Å²) < 4.78 is 5.28. The second kappa shape index (κ2) is 9.06. The van der Waals surface area contributed by atoms with Crippen molar-refractivity contribution in [1.82, 2.24) is 15.2 Å². The van der Waals surface area contributed by atoms with Gasteiger partial charge in [-0.25, -0.2) is 9.78 Å². The molecule has 0 saturated carbocycles. The highest BCUT2D eigenvalue weighted by molar-refractivity contribution is 5.98. The zero-order valence-corrected chi connectivity index (χ0v) is 17.0. The lowest BCUT2D eigenvalue weighted by Gasteiger charge is -2.33. The SMILES string of the molecule is CC(C)Nc1ncccc1C(=O)N1CCCC(CNC(=O)OC(C)(C)C)C1. The highest BCUT2D eigenvalue weighted by Crippen LogP contribution is 2.21. The van der Waals surface area contributed by atoms with Crippen LogP contribution < -0.4 is 10.6 Å². The Kier molecular flexibility index (Phi) is 7.05. The molecule has 2 N–H and O–H groups in total. The van der Waals surface area contributed by atoms with Crippen molar-refractivity contribution in [2.24, 2.45) is 5.92 Å². The number of hydrogen-bond acceptors (Lipinski definition) is 5. The largest absolute Gasteiger partial charge is 0.444 e. The van der Waals surface area contributed by atoms with E-state index in [1.807, 2.05) is 45.6 Å². The number of likely N-dealkylation sites (tertiary alicyclic amines) is 1. The Morgan fingerprint density at radius 2 is 2.11 bits per heavy atom. The van der Waals surface area contributed by atoms with Crippen molar-refractivity contribution in [3.63, 3.8) is 0 Å². The summed E-state index contributed by atoms with van der Waals surface area (Å²) in [6, 6.07) is 3.78. The van der Waals surface area contributed by atoms with E-state index in [4.69, 9.17) is 4.74 Å². The molecule has 1 aromatic heterocycles. The first-order chi connectivity index (χ1) is 12.7. The number of anilines is 1. The number of aromatic nitrogens is 1. The van der Waals surface area contributed by atoms with Gasteiger partial charge >= 0.3 is 6.09 Å².